The van der Waals surface area contributed by atoms with Crippen LogP contribution in [0.3, 0.4) is 0 Å². The molecule has 0 aliphatic rings. The fourth-order valence-corrected chi connectivity index (χ4v) is 1.68. The third-order valence-electron chi connectivity index (χ3n) is 2.40. The summed E-state index contributed by atoms with van der Waals surface area (Å²) in [5, 5.41) is 1.27. The lowest BCUT2D eigenvalue weighted by Crippen LogP contribution is -1.93. The quantitative estimate of drug-likeness (QED) is 0.650. The Morgan fingerprint density at radius 3 is 2.77 bits per heavy atom. The zero-order chi connectivity index (χ0) is 9.42. The summed E-state index contributed by atoms with van der Waals surface area (Å²) in [5.41, 5.74) is 3.50. The summed E-state index contributed by atoms with van der Waals surface area (Å²) in [5.74, 6) is 0. The molecule has 0 unspecified atom stereocenters. The number of pyridine rings is 1. The Hall–Kier alpha value is -1.31. The van der Waals surface area contributed by atoms with Crippen LogP contribution in [0.5, 0.6) is 0 Å². The Kier molecular flexibility index (Phi) is 1.83. The van der Waals surface area contributed by atoms with Crippen molar-refractivity contribution in [1.29, 1.82) is 0 Å². The molecule has 0 aromatic carbocycles. The Morgan fingerprint density at radius 1 is 1.31 bits per heavy atom. The van der Waals surface area contributed by atoms with Gasteiger partial charge >= 0.3 is 0 Å². The van der Waals surface area contributed by atoms with Crippen LogP contribution in [0.2, 0.25) is 0 Å². The summed E-state index contributed by atoms with van der Waals surface area (Å²) in [6.07, 6.45) is 2.16. The highest BCUT2D eigenvalue weighted by molar-refractivity contribution is 5.80. The van der Waals surface area contributed by atoms with Gasteiger partial charge in [0.15, 0.2) is 0 Å². The van der Waals surface area contributed by atoms with Crippen LogP contribution in [0.25, 0.3) is 11.0 Å². The molecular formula is C11H14N2. The largest absolute Gasteiger partial charge is 0.333 e. The van der Waals surface area contributed by atoms with Gasteiger partial charge in [-0.25, -0.2) is 4.98 Å². The van der Waals surface area contributed by atoms with Crippen LogP contribution < -0.4 is 0 Å². The Balaban J connectivity index is 2.81. The molecule has 0 fully saturated rings. The molecule has 0 atom stereocenters. The molecule has 0 radical (unpaired) electrons. The molecule has 0 spiro atoms. The van der Waals surface area contributed by atoms with Crippen molar-refractivity contribution in [3.8, 4) is 0 Å². The second-order valence-corrected chi connectivity index (χ2v) is 3.42. The highest BCUT2D eigenvalue weighted by Crippen LogP contribution is 2.18. The maximum absolute atomic E-state index is 4.53. The third kappa shape index (κ3) is 1.22. The van der Waals surface area contributed by atoms with Gasteiger partial charge in [0.2, 0.25) is 0 Å². The normalized spacial score (nSPS) is 11.0. The predicted molar refractivity (Wildman–Crippen MR) is 54.9 cm³/mol. The topological polar surface area (TPSA) is 17.8 Å². The average molecular weight is 174 g/mol. The molecule has 0 aliphatic carbocycles. The molecule has 2 aromatic rings. The van der Waals surface area contributed by atoms with Gasteiger partial charge in [0.25, 0.3) is 0 Å². The first-order valence-corrected chi connectivity index (χ1v) is 4.65. The van der Waals surface area contributed by atoms with Gasteiger partial charge in [-0.2, -0.15) is 0 Å². The number of nitrogens with zero attached hydrogens (tertiary/aromatic N) is 2. The molecule has 13 heavy (non-hydrogen) atoms. The fraction of sp³-hybridized carbons (Fsp3) is 0.364. The fourth-order valence-electron chi connectivity index (χ4n) is 1.68. The van der Waals surface area contributed by atoms with Crippen LogP contribution >= 0.6 is 0 Å². The molecule has 0 bridgehead atoms. The monoisotopic (exact) mass is 174 g/mol. The van der Waals surface area contributed by atoms with Gasteiger partial charge in [-0.15, -0.1) is 0 Å². The number of aryl methyl sites for hydroxylation is 3. The van der Waals surface area contributed by atoms with Crippen LogP contribution in [0, 0.1) is 13.8 Å². The Labute approximate surface area is 78.2 Å². The highest BCUT2D eigenvalue weighted by atomic mass is 15.0. The summed E-state index contributed by atoms with van der Waals surface area (Å²) in [4.78, 5) is 4.53. The van der Waals surface area contributed by atoms with E-state index in [1.165, 1.54) is 10.9 Å². The van der Waals surface area contributed by atoms with Gasteiger partial charge < -0.3 is 4.57 Å². The molecule has 0 aliphatic heterocycles. The SMILES string of the molecule is CCn1cc(C)c2ccc(C)nc21. The molecule has 0 N–H and O–H groups in total. The maximum atomic E-state index is 4.53. The summed E-state index contributed by atoms with van der Waals surface area (Å²) in [6, 6.07) is 4.22. The van der Waals surface area contributed by atoms with Gasteiger partial charge in [0, 0.05) is 23.8 Å². The van der Waals surface area contributed by atoms with Crippen molar-refractivity contribution >= 4 is 11.0 Å². The van der Waals surface area contributed by atoms with Crippen molar-refractivity contribution in [1.82, 2.24) is 9.55 Å². The van der Waals surface area contributed by atoms with Crippen LogP contribution in [0.1, 0.15) is 18.2 Å². The molecule has 2 aromatic heterocycles. The number of hydrogen-bond acceptors (Lipinski definition) is 1. The van der Waals surface area contributed by atoms with E-state index in [0.717, 1.165) is 17.9 Å². The maximum Gasteiger partial charge on any atom is 0.140 e. The molecule has 0 saturated heterocycles. The molecule has 0 amide bonds. The zero-order valence-corrected chi connectivity index (χ0v) is 8.33. The van der Waals surface area contributed by atoms with E-state index in [1.807, 2.05) is 6.92 Å². The van der Waals surface area contributed by atoms with E-state index >= 15 is 0 Å². The molecule has 68 valence electrons. The smallest absolute Gasteiger partial charge is 0.140 e. The molecule has 2 heteroatoms. The standard InChI is InChI=1S/C11H14N2/c1-4-13-7-8(2)10-6-5-9(3)12-11(10)13/h5-7H,4H2,1-3H3. The predicted octanol–water partition coefficient (Wildman–Crippen LogP) is 2.67. The number of rotatable bonds is 1. The van der Waals surface area contributed by atoms with Gasteiger partial charge in [0.1, 0.15) is 5.65 Å². The minimum Gasteiger partial charge on any atom is -0.333 e. The molecule has 2 heterocycles. The first-order chi connectivity index (χ1) is 6.22. The van der Waals surface area contributed by atoms with E-state index in [-0.39, 0.29) is 0 Å². The second kappa shape index (κ2) is 2.87. The molecule has 2 nitrogen and oxygen atoms in total. The minimum atomic E-state index is 0.987. The zero-order valence-electron chi connectivity index (χ0n) is 8.33. The summed E-state index contributed by atoms with van der Waals surface area (Å²) < 4.78 is 2.19. The molecule has 2 rings (SSSR count). The van der Waals surface area contributed by atoms with Gasteiger partial charge in [-0.1, -0.05) is 0 Å². The van der Waals surface area contributed by atoms with Crippen molar-refractivity contribution in [3.63, 3.8) is 0 Å². The third-order valence-corrected chi connectivity index (χ3v) is 2.40. The first-order valence-electron chi connectivity index (χ1n) is 4.65. The van der Waals surface area contributed by atoms with E-state index in [2.05, 4.69) is 41.7 Å². The molecule has 0 saturated carbocycles. The van der Waals surface area contributed by atoms with Crippen molar-refractivity contribution in [2.75, 3.05) is 0 Å². The van der Waals surface area contributed by atoms with E-state index in [4.69, 9.17) is 0 Å². The summed E-state index contributed by atoms with van der Waals surface area (Å²) >= 11 is 0. The minimum absolute atomic E-state index is 0.987. The number of hydrogen-bond donors (Lipinski definition) is 0. The van der Waals surface area contributed by atoms with Crippen molar-refractivity contribution in [3.05, 3.63) is 29.6 Å². The van der Waals surface area contributed by atoms with Crippen LogP contribution in [-0.4, -0.2) is 9.55 Å². The Morgan fingerprint density at radius 2 is 2.08 bits per heavy atom. The second-order valence-electron chi connectivity index (χ2n) is 3.42. The van der Waals surface area contributed by atoms with Gasteiger partial charge in [-0.3, -0.25) is 0 Å². The lowest BCUT2D eigenvalue weighted by atomic mass is 10.2. The van der Waals surface area contributed by atoms with Crippen molar-refractivity contribution < 1.29 is 0 Å². The molecular weight excluding hydrogens is 160 g/mol. The first kappa shape index (κ1) is 8.30. The van der Waals surface area contributed by atoms with Crippen LogP contribution in [0.15, 0.2) is 18.3 Å². The highest BCUT2D eigenvalue weighted by Gasteiger charge is 2.04. The lowest BCUT2D eigenvalue weighted by molar-refractivity contribution is 0.784. The van der Waals surface area contributed by atoms with E-state index in [9.17, 15) is 0 Å². The lowest BCUT2D eigenvalue weighted by Gasteiger charge is -1.99. The van der Waals surface area contributed by atoms with Crippen LogP contribution in [-0.2, 0) is 6.54 Å². The van der Waals surface area contributed by atoms with Crippen molar-refractivity contribution in [2.45, 2.75) is 27.3 Å². The number of aromatic nitrogens is 2. The van der Waals surface area contributed by atoms with E-state index in [1.54, 1.807) is 0 Å². The van der Waals surface area contributed by atoms with E-state index in [0.29, 0.717) is 0 Å². The van der Waals surface area contributed by atoms with Crippen molar-refractivity contribution in [2.24, 2.45) is 0 Å². The van der Waals surface area contributed by atoms with E-state index < -0.39 is 0 Å². The average Bonchev–Trinajstić information content (AvgIpc) is 2.42. The van der Waals surface area contributed by atoms with Crippen LogP contribution in [0.4, 0.5) is 0 Å². The van der Waals surface area contributed by atoms with Gasteiger partial charge in [-0.05, 0) is 38.5 Å². The summed E-state index contributed by atoms with van der Waals surface area (Å²) in [6.45, 7) is 7.29. The number of fused-ring (bicyclic) bond motifs is 1. The Bertz CT molecular complexity index is 441. The summed E-state index contributed by atoms with van der Waals surface area (Å²) in [7, 11) is 0. The van der Waals surface area contributed by atoms with Gasteiger partial charge in [0.05, 0.1) is 0 Å².